The maximum Gasteiger partial charge on any atom is 0.248 e. The molecule has 0 aromatic heterocycles. The lowest BCUT2D eigenvalue weighted by atomic mass is 10.2. The normalized spacial score (nSPS) is 17.3. The molecule has 19 heavy (non-hydrogen) atoms. The Morgan fingerprint density at radius 2 is 1.95 bits per heavy atom. The molecule has 0 saturated carbocycles. The summed E-state index contributed by atoms with van der Waals surface area (Å²) in [7, 11) is -3.65. The zero-order valence-corrected chi connectivity index (χ0v) is 12.4. The molecule has 0 radical (unpaired) electrons. The van der Waals surface area contributed by atoms with Gasteiger partial charge in [-0.25, -0.2) is 8.42 Å². The molecule has 2 rings (SSSR count). The summed E-state index contributed by atoms with van der Waals surface area (Å²) in [5, 5.41) is 0. The number of morpholine rings is 1. The molecule has 1 amide bonds. The number of benzene rings is 1. The van der Waals surface area contributed by atoms with Crippen LogP contribution in [0.15, 0.2) is 27.6 Å². The van der Waals surface area contributed by atoms with E-state index in [0.29, 0.717) is 30.8 Å². The van der Waals surface area contributed by atoms with Crippen LogP contribution in [0.5, 0.6) is 0 Å². The number of carbonyl (C=O) groups is 1. The average molecular weight is 349 g/mol. The Kier molecular flexibility index (Phi) is 4.24. The zero-order chi connectivity index (χ0) is 14.0. The first-order valence-corrected chi connectivity index (χ1v) is 7.83. The van der Waals surface area contributed by atoms with Gasteiger partial charge in [0.15, 0.2) is 0 Å². The van der Waals surface area contributed by atoms with Crippen LogP contribution in [0.2, 0.25) is 0 Å². The lowest BCUT2D eigenvalue weighted by molar-refractivity contribution is 0.0730. The first-order chi connectivity index (χ1) is 8.93. The topological polar surface area (TPSA) is 89.7 Å². The molecule has 8 heteroatoms. The molecule has 1 aromatic rings. The third-order valence-electron chi connectivity index (χ3n) is 2.80. The maximum absolute atomic E-state index is 12.5. The van der Waals surface area contributed by atoms with Crippen molar-refractivity contribution in [3.63, 3.8) is 0 Å². The number of amides is 1. The van der Waals surface area contributed by atoms with Crippen molar-refractivity contribution in [2.75, 3.05) is 26.3 Å². The highest BCUT2D eigenvalue weighted by molar-refractivity contribution is 9.10. The van der Waals surface area contributed by atoms with Gasteiger partial charge in [0.05, 0.1) is 18.1 Å². The van der Waals surface area contributed by atoms with E-state index < -0.39 is 15.9 Å². The second-order valence-electron chi connectivity index (χ2n) is 4.03. The largest absolute Gasteiger partial charge is 0.379 e. The van der Waals surface area contributed by atoms with Crippen LogP contribution in [0.25, 0.3) is 0 Å². The molecule has 0 unspecified atom stereocenters. The first kappa shape index (κ1) is 14.4. The molecule has 0 aliphatic carbocycles. The molecule has 0 atom stereocenters. The highest BCUT2D eigenvalue weighted by Crippen LogP contribution is 2.26. The van der Waals surface area contributed by atoms with E-state index in [-0.39, 0.29) is 10.5 Å². The van der Waals surface area contributed by atoms with E-state index in [9.17, 15) is 13.2 Å². The van der Waals surface area contributed by atoms with Crippen LogP contribution in [0.1, 0.15) is 10.4 Å². The van der Waals surface area contributed by atoms with Crippen molar-refractivity contribution in [3.05, 3.63) is 28.2 Å². The molecule has 2 N–H and O–H groups in total. The van der Waals surface area contributed by atoms with Crippen LogP contribution in [0, 0.1) is 0 Å². The Morgan fingerprint density at radius 3 is 2.53 bits per heavy atom. The molecule has 1 aliphatic heterocycles. The molecule has 1 aromatic carbocycles. The summed E-state index contributed by atoms with van der Waals surface area (Å²) in [5.41, 5.74) is 5.33. The summed E-state index contributed by atoms with van der Waals surface area (Å²) in [4.78, 5) is 11.2. The van der Waals surface area contributed by atoms with Gasteiger partial charge in [-0.3, -0.25) is 4.79 Å². The number of primary amides is 1. The van der Waals surface area contributed by atoms with Gasteiger partial charge in [-0.1, -0.05) is 0 Å². The van der Waals surface area contributed by atoms with Gasteiger partial charge in [-0.2, -0.15) is 4.31 Å². The number of carbonyl (C=O) groups excluding carboxylic acids is 1. The van der Waals surface area contributed by atoms with Gasteiger partial charge in [0, 0.05) is 23.1 Å². The average Bonchev–Trinajstić information content (AvgIpc) is 2.39. The van der Waals surface area contributed by atoms with Gasteiger partial charge in [0.2, 0.25) is 15.9 Å². The van der Waals surface area contributed by atoms with Crippen LogP contribution in [-0.2, 0) is 14.8 Å². The summed E-state index contributed by atoms with van der Waals surface area (Å²) in [6.07, 6.45) is 0. The fourth-order valence-corrected chi connectivity index (χ4v) is 4.14. The van der Waals surface area contributed by atoms with Crippen molar-refractivity contribution in [1.82, 2.24) is 4.31 Å². The number of ether oxygens (including phenoxy) is 1. The second kappa shape index (κ2) is 5.58. The third kappa shape index (κ3) is 2.97. The van der Waals surface area contributed by atoms with Crippen LogP contribution < -0.4 is 5.73 Å². The van der Waals surface area contributed by atoms with Crippen LogP contribution in [0.4, 0.5) is 0 Å². The fourth-order valence-electron chi connectivity index (χ4n) is 1.78. The van der Waals surface area contributed by atoms with Gasteiger partial charge in [0.25, 0.3) is 0 Å². The van der Waals surface area contributed by atoms with Gasteiger partial charge in [-0.15, -0.1) is 0 Å². The van der Waals surface area contributed by atoms with Crippen molar-refractivity contribution in [2.24, 2.45) is 5.73 Å². The standard InChI is InChI=1S/C11H13BrN2O4S/c12-9-2-1-8(11(13)15)7-10(9)19(16,17)14-3-5-18-6-4-14/h1-2,7H,3-6H2,(H2,13,15). The molecule has 1 saturated heterocycles. The van der Waals surface area contributed by atoms with E-state index in [2.05, 4.69) is 15.9 Å². The number of nitrogens with two attached hydrogens (primary N) is 1. The Morgan fingerprint density at radius 1 is 1.32 bits per heavy atom. The van der Waals surface area contributed by atoms with E-state index in [0.717, 1.165) is 0 Å². The van der Waals surface area contributed by atoms with Crippen molar-refractivity contribution in [3.8, 4) is 0 Å². The van der Waals surface area contributed by atoms with Crippen LogP contribution in [0.3, 0.4) is 0 Å². The monoisotopic (exact) mass is 348 g/mol. The summed E-state index contributed by atoms with van der Waals surface area (Å²) in [6.45, 7) is 1.34. The van der Waals surface area contributed by atoms with Gasteiger partial charge >= 0.3 is 0 Å². The summed E-state index contributed by atoms with van der Waals surface area (Å²) < 4.78 is 31.8. The highest BCUT2D eigenvalue weighted by Gasteiger charge is 2.28. The third-order valence-corrected chi connectivity index (χ3v) is 5.70. The number of rotatable bonds is 3. The smallest absolute Gasteiger partial charge is 0.248 e. The summed E-state index contributed by atoms with van der Waals surface area (Å²) in [5.74, 6) is -0.661. The molecule has 6 nitrogen and oxygen atoms in total. The predicted octanol–water partition coefficient (Wildman–Crippen LogP) is 0.569. The van der Waals surface area contributed by atoms with Crippen molar-refractivity contribution >= 4 is 31.9 Å². The Bertz CT molecular complexity index is 597. The molecular weight excluding hydrogens is 336 g/mol. The van der Waals surface area contributed by atoms with E-state index in [1.54, 1.807) is 0 Å². The predicted molar refractivity (Wildman–Crippen MR) is 72.2 cm³/mol. The number of nitrogens with zero attached hydrogens (tertiary/aromatic N) is 1. The maximum atomic E-state index is 12.5. The zero-order valence-electron chi connectivity index (χ0n) is 10.0. The second-order valence-corrected chi connectivity index (χ2v) is 6.79. The van der Waals surface area contributed by atoms with E-state index in [1.807, 2.05) is 0 Å². The molecular formula is C11H13BrN2O4S. The molecule has 1 fully saturated rings. The van der Waals surface area contributed by atoms with Crippen LogP contribution >= 0.6 is 15.9 Å². The van der Waals surface area contributed by atoms with E-state index in [4.69, 9.17) is 10.5 Å². The van der Waals surface area contributed by atoms with E-state index in [1.165, 1.54) is 22.5 Å². The lowest BCUT2D eigenvalue weighted by Gasteiger charge is -2.26. The minimum Gasteiger partial charge on any atom is -0.379 e. The number of sulfonamides is 1. The quantitative estimate of drug-likeness (QED) is 0.864. The Hall–Kier alpha value is -0.960. The Labute approximate surface area is 119 Å². The minimum atomic E-state index is -3.65. The molecule has 0 spiro atoms. The SMILES string of the molecule is NC(=O)c1ccc(Br)c(S(=O)(=O)N2CCOCC2)c1. The lowest BCUT2D eigenvalue weighted by Crippen LogP contribution is -2.40. The number of hydrogen-bond acceptors (Lipinski definition) is 4. The van der Waals surface area contributed by atoms with Crippen LogP contribution in [-0.4, -0.2) is 44.9 Å². The molecule has 1 heterocycles. The van der Waals surface area contributed by atoms with Crippen molar-refractivity contribution in [2.45, 2.75) is 4.90 Å². The highest BCUT2D eigenvalue weighted by atomic mass is 79.9. The molecule has 104 valence electrons. The Balaban J connectivity index is 2.44. The fraction of sp³-hybridized carbons (Fsp3) is 0.364. The van der Waals surface area contributed by atoms with Crippen molar-refractivity contribution in [1.29, 1.82) is 0 Å². The van der Waals surface area contributed by atoms with Gasteiger partial charge < -0.3 is 10.5 Å². The minimum absolute atomic E-state index is 0.0469. The molecule has 0 bridgehead atoms. The molecule has 1 aliphatic rings. The van der Waals surface area contributed by atoms with Gasteiger partial charge in [-0.05, 0) is 34.1 Å². The van der Waals surface area contributed by atoms with Gasteiger partial charge in [0.1, 0.15) is 0 Å². The summed E-state index contributed by atoms with van der Waals surface area (Å²) in [6, 6.07) is 4.27. The van der Waals surface area contributed by atoms with E-state index >= 15 is 0 Å². The summed E-state index contributed by atoms with van der Waals surface area (Å²) >= 11 is 3.19. The number of hydrogen-bond donors (Lipinski definition) is 1. The number of halogens is 1. The van der Waals surface area contributed by atoms with Crippen molar-refractivity contribution < 1.29 is 17.9 Å². The first-order valence-electron chi connectivity index (χ1n) is 5.60.